The van der Waals surface area contributed by atoms with E-state index in [1.165, 1.54) is 44.9 Å². The molecule has 0 spiro atoms. The summed E-state index contributed by atoms with van der Waals surface area (Å²) in [7, 11) is 1.09. The molecule has 2 unspecified atom stereocenters. The number of unbranched alkanes of at least 4 members (excludes halogenated alkanes) is 12. The Labute approximate surface area is 327 Å². The van der Waals surface area contributed by atoms with Crippen LogP contribution in [0.25, 0.3) is 0 Å². The average Bonchev–Trinajstić information content (AvgIpc) is 3.09. The van der Waals surface area contributed by atoms with Gasteiger partial charge in [0.25, 0.3) is 7.82 Å². The average molecular weight is 789 g/mol. The summed E-state index contributed by atoms with van der Waals surface area (Å²) in [5, 5.41) is 44.7. The van der Waals surface area contributed by atoms with Gasteiger partial charge in [-0.25, -0.2) is 0 Å². The number of nitrogens with one attached hydrogen (secondary N) is 1. The van der Waals surface area contributed by atoms with Crippen LogP contribution in [0.5, 0.6) is 0 Å². The molecule has 1 aliphatic heterocycles. The molecule has 1 amide bonds. The zero-order valence-electron chi connectivity index (χ0n) is 34.2. The van der Waals surface area contributed by atoms with E-state index in [1.54, 1.807) is 18.2 Å². The molecule has 1 rings (SSSR count). The van der Waals surface area contributed by atoms with Crippen molar-refractivity contribution in [2.45, 2.75) is 173 Å². The molecule has 12 nitrogen and oxygen atoms in total. The molecule has 0 bridgehead atoms. The summed E-state index contributed by atoms with van der Waals surface area (Å²) in [6.45, 7) is 4.26. The molecule has 1 fully saturated rings. The molecule has 1 heterocycles. The number of carbonyl (C=O) groups is 1. The second kappa shape index (κ2) is 29.8. The molecule has 0 aliphatic carbocycles. The number of rotatable bonds is 32. The number of amides is 1. The molecule has 8 atom stereocenters. The van der Waals surface area contributed by atoms with Crippen LogP contribution >= 0.6 is 7.82 Å². The molecule has 13 heteroatoms. The molecule has 0 aromatic heterocycles. The molecule has 1 saturated heterocycles. The number of quaternary nitrogens is 1. The van der Waals surface area contributed by atoms with E-state index >= 15 is 0 Å². The molecular weight excluding hydrogens is 711 g/mol. The van der Waals surface area contributed by atoms with E-state index in [-0.39, 0.29) is 31.3 Å². The molecule has 0 radical (unpaired) electrons. The number of allylic oxidation sites excluding steroid dienone is 3. The number of likely N-dealkylation sites (N-methyl/N-ethyl adjacent to an activating group) is 1. The van der Waals surface area contributed by atoms with Crippen LogP contribution in [0.15, 0.2) is 36.5 Å². The monoisotopic (exact) mass is 789 g/mol. The molecule has 0 aromatic carbocycles. The highest BCUT2D eigenvalue weighted by Crippen LogP contribution is 2.38. The van der Waals surface area contributed by atoms with Crippen molar-refractivity contribution < 1.29 is 52.9 Å². The van der Waals surface area contributed by atoms with Gasteiger partial charge in [-0.1, -0.05) is 121 Å². The van der Waals surface area contributed by atoms with Crippen molar-refractivity contribution in [3.63, 3.8) is 0 Å². The first-order valence-electron chi connectivity index (χ1n) is 20.7. The van der Waals surface area contributed by atoms with Crippen molar-refractivity contribution in [2.75, 3.05) is 40.9 Å². The summed E-state index contributed by atoms with van der Waals surface area (Å²) in [5.74, 6) is -0.640. The Morgan fingerprint density at radius 3 is 2.19 bits per heavy atom. The topological polar surface area (TPSA) is 178 Å². The minimum Gasteiger partial charge on any atom is -0.756 e. The van der Waals surface area contributed by atoms with E-state index in [9.17, 15) is 34.7 Å². The summed E-state index contributed by atoms with van der Waals surface area (Å²) in [6, 6.07) is -0.991. The van der Waals surface area contributed by atoms with Crippen molar-refractivity contribution in [3.8, 4) is 0 Å². The Morgan fingerprint density at radius 2 is 1.52 bits per heavy atom. The number of phosphoric ester groups is 1. The van der Waals surface area contributed by atoms with Gasteiger partial charge < -0.3 is 48.9 Å². The predicted octanol–water partition coefficient (Wildman–Crippen LogP) is 6.22. The molecule has 316 valence electrons. The van der Waals surface area contributed by atoms with Crippen molar-refractivity contribution in [1.82, 2.24) is 5.32 Å². The van der Waals surface area contributed by atoms with E-state index in [1.807, 2.05) is 39.4 Å². The van der Waals surface area contributed by atoms with Gasteiger partial charge in [0.2, 0.25) is 5.91 Å². The van der Waals surface area contributed by atoms with Crippen LogP contribution < -0.4 is 10.2 Å². The third-order valence-electron chi connectivity index (χ3n) is 9.64. The van der Waals surface area contributed by atoms with Gasteiger partial charge >= 0.3 is 0 Å². The zero-order valence-corrected chi connectivity index (χ0v) is 35.1. The first kappa shape index (κ1) is 50.6. The van der Waals surface area contributed by atoms with Gasteiger partial charge in [-0.3, -0.25) is 9.36 Å². The Bertz CT molecular complexity index is 1100. The summed E-state index contributed by atoms with van der Waals surface area (Å²) in [5.41, 5.74) is 0. The van der Waals surface area contributed by atoms with Gasteiger partial charge in [0, 0.05) is 18.8 Å². The number of hydrogen-bond acceptors (Lipinski definition) is 10. The third kappa shape index (κ3) is 26.4. The largest absolute Gasteiger partial charge is 0.756 e. The highest BCUT2D eigenvalue weighted by atomic mass is 31.2. The minimum absolute atomic E-state index is 0.0513. The first-order valence-corrected chi connectivity index (χ1v) is 22.2. The quantitative estimate of drug-likeness (QED) is 0.0228. The van der Waals surface area contributed by atoms with Gasteiger partial charge in [-0.2, -0.15) is 0 Å². The lowest BCUT2D eigenvalue weighted by Gasteiger charge is -2.36. The number of aliphatic hydroxyl groups excluding tert-OH is 4. The van der Waals surface area contributed by atoms with Crippen molar-refractivity contribution in [1.29, 1.82) is 0 Å². The van der Waals surface area contributed by atoms with E-state index < -0.39 is 51.2 Å². The fourth-order valence-electron chi connectivity index (χ4n) is 6.19. The number of ether oxygens (including phenoxy) is 1. The SMILES string of the molecule is CCCCCCCCCCC/C=C/[C@@H](O)[C@H](COP(=O)([O-])OCC[N+](C)(C)C)NC(=O)CCC/C=C\C[C@H]1[C@@H](O)CC(O)O[C@@H]1/C=C/[C@@H](O)CCCCC. The third-order valence-corrected chi connectivity index (χ3v) is 10.6. The van der Waals surface area contributed by atoms with Crippen LogP contribution in [-0.4, -0.2) is 108 Å². The molecule has 5 N–H and O–H groups in total. The lowest BCUT2D eigenvalue weighted by molar-refractivity contribution is -0.870. The Balaban J connectivity index is 2.66. The van der Waals surface area contributed by atoms with E-state index in [2.05, 4.69) is 19.2 Å². The summed E-state index contributed by atoms with van der Waals surface area (Å²) in [4.78, 5) is 25.4. The number of carbonyl (C=O) groups excluding carboxylic acids is 1. The highest BCUT2D eigenvalue weighted by Gasteiger charge is 2.35. The summed E-state index contributed by atoms with van der Waals surface area (Å²) in [6.07, 6.45) is 23.8. The number of nitrogens with zero attached hydrogens (tertiary/aromatic N) is 1. The standard InChI is InChI=1S/C41H77N2O10P/c1-6-8-10-11-12-13-14-15-16-17-22-26-37(45)36(33-52-54(49,50)51-31-30-43(3,4)5)42-40(47)27-23-19-18-21-25-35-38(46)32-41(48)53-39(35)29-28-34(44)24-20-9-7-2/h18,21-22,26,28-29,34-39,41,44-46,48H,6-17,19-20,23-25,27,30-33H2,1-5H3,(H-,42,47,49,50)/b21-18-,26-22+,29-28+/t34-,35-,36-,37+,38-,39+,41?/m0/s1. The Hall–Kier alpha value is -1.44. The normalized spacial score (nSPS) is 22.6. The fourth-order valence-corrected chi connectivity index (χ4v) is 6.91. The van der Waals surface area contributed by atoms with Crippen LogP contribution in [0, 0.1) is 5.92 Å². The van der Waals surface area contributed by atoms with Crippen LogP contribution in [-0.2, 0) is 23.1 Å². The van der Waals surface area contributed by atoms with Crippen LogP contribution in [0.1, 0.15) is 136 Å². The van der Waals surface area contributed by atoms with E-state index in [0.717, 1.165) is 38.5 Å². The second-order valence-corrected chi connectivity index (χ2v) is 17.3. The maximum Gasteiger partial charge on any atom is 0.268 e. The summed E-state index contributed by atoms with van der Waals surface area (Å²) < 4.78 is 28.8. The van der Waals surface area contributed by atoms with Gasteiger partial charge in [-0.15, -0.1) is 0 Å². The molecule has 0 saturated carbocycles. The maximum absolute atomic E-state index is 12.9. The van der Waals surface area contributed by atoms with Gasteiger partial charge in [0.15, 0.2) is 6.29 Å². The van der Waals surface area contributed by atoms with Crippen LogP contribution in [0.2, 0.25) is 0 Å². The minimum atomic E-state index is -4.66. The molecular formula is C41H77N2O10P. The lowest BCUT2D eigenvalue weighted by atomic mass is 9.87. The summed E-state index contributed by atoms with van der Waals surface area (Å²) >= 11 is 0. The second-order valence-electron chi connectivity index (χ2n) is 15.9. The van der Waals surface area contributed by atoms with Crippen molar-refractivity contribution in [3.05, 3.63) is 36.5 Å². The Morgan fingerprint density at radius 1 is 0.889 bits per heavy atom. The Kier molecular flexibility index (Phi) is 27.9. The molecule has 54 heavy (non-hydrogen) atoms. The number of hydrogen-bond donors (Lipinski definition) is 5. The number of phosphoric acid groups is 1. The smallest absolute Gasteiger partial charge is 0.268 e. The molecule has 1 aliphatic rings. The van der Waals surface area contributed by atoms with Gasteiger partial charge in [0.1, 0.15) is 13.2 Å². The van der Waals surface area contributed by atoms with Gasteiger partial charge in [-0.05, 0) is 38.5 Å². The molecule has 0 aromatic rings. The fraction of sp³-hybridized carbons (Fsp3) is 0.829. The van der Waals surface area contributed by atoms with Crippen molar-refractivity contribution in [2.24, 2.45) is 5.92 Å². The van der Waals surface area contributed by atoms with E-state index in [0.29, 0.717) is 36.7 Å². The van der Waals surface area contributed by atoms with Crippen LogP contribution in [0.4, 0.5) is 0 Å². The number of aliphatic hydroxyl groups is 4. The van der Waals surface area contributed by atoms with Crippen molar-refractivity contribution >= 4 is 13.7 Å². The lowest BCUT2D eigenvalue weighted by Crippen LogP contribution is -2.45. The van der Waals surface area contributed by atoms with Gasteiger partial charge in [0.05, 0.1) is 58.2 Å². The highest BCUT2D eigenvalue weighted by molar-refractivity contribution is 7.45. The predicted molar refractivity (Wildman–Crippen MR) is 213 cm³/mol. The maximum atomic E-state index is 12.9. The first-order chi connectivity index (χ1) is 25.7. The zero-order chi connectivity index (χ0) is 40.2. The van der Waals surface area contributed by atoms with E-state index in [4.69, 9.17) is 13.8 Å². The van der Waals surface area contributed by atoms with Crippen LogP contribution in [0.3, 0.4) is 0 Å².